The minimum atomic E-state index is -0.391. The molecule has 0 aromatic heterocycles. The Bertz CT molecular complexity index is 1060. The molecule has 0 N–H and O–H groups in total. The third-order valence-corrected chi connectivity index (χ3v) is 11.1. The van der Waals surface area contributed by atoms with Gasteiger partial charge in [-0.1, -0.05) is 303 Å². The maximum Gasteiger partial charge on any atom is 0.306 e. The summed E-state index contributed by atoms with van der Waals surface area (Å²) in [7, 11) is 3.86. The second-order valence-corrected chi connectivity index (χ2v) is 19.6. The van der Waals surface area contributed by atoms with Gasteiger partial charge in [0.25, 0.3) is 0 Å². The van der Waals surface area contributed by atoms with Gasteiger partial charge in [0, 0.05) is 0 Å². The SMILES string of the molecule is C.C.C.C.C.C.C.C.C.CCCCCCCCCC(C)C.CCCCCCCCCCC(C)C.CCCCCCCCCCCC(C)C.CCOC(=O)CCC(=O)OC.CCOC(=O)CCC(=O)OC.CCOC(=O)CCC(=O)OC. The van der Waals surface area contributed by atoms with Crippen molar-refractivity contribution in [1.29, 1.82) is 0 Å². The van der Waals surface area contributed by atoms with Crippen molar-refractivity contribution in [1.82, 2.24) is 0 Å². The lowest BCUT2D eigenvalue weighted by Crippen LogP contribution is -2.08. The van der Waals surface area contributed by atoms with Crippen molar-refractivity contribution in [3.05, 3.63) is 0 Å². The molecule has 0 aliphatic rings. The Morgan fingerprint density at radius 2 is 0.395 bits per heavy atom. The fraction of sp³-hybridized carbons (Fsp3) is 0.913. The topological polar surface area (TPSA) is 158 Å². The molecule has 0 saturated carbocycles. The van der Waals surface area contributed by atoms with Crippen LogP contribution in [-0.4, -0.2) is 77.0 Å². The Kier molecular flexibility index (Phi) is 146. The van der Waals surface area contributed by atoms with E-state index in [9.17, 15) is 28.8 Å². The minimum absolute atomic E-state index is 0. The van der Waals surface area contributed by atoms with Gasteiger partial charge < -0.3 is 28.4 Å². The van der Waals surface area contributed by atoms with E-state index in [0.717, 1.165) is 17.8 Å². The van der Waals surface area contributed by atoms with Crippen molar-refractivity contribution in [2.45, 2.75) is 362 Å². The third kappa shape index (κ3) is 133. The fourth-order valence-electron chi connectivity index (χ4n) is 6.68. The summed E-state index contributed by atoms with van der Waals surface area (Å²) >= 11 is 0. The summed E-state index contributed by atoms with van der Waals surface area (Å²) in [5.74, 6) is 0.447. The highest BCUT2D eigenvalue weighted by Gasteiger charge is 2.08. The lowest BCUT2D eigenvalue weighted by Gasteiger charge is -2.04. The van der Waals surface area contributed by atoms with E-state index in [1.165, 1.54) is 195 Å². The first-order chi connectivity index (χ1) is 34.4. The van der Waals surface area contributed by atoms with Crippen molar-refractivity contribution < 1.29 is 57.2 Å². The number of methoxy groups -OCH3 is 3. The molecular formula is C69H156O12. The van der Waals surface area contributed by atoms with Crippen LogP contribution in [0.3, 0.4) is 0 Å². The van der Waals surface area contributed by atoms with Crippen molar-refractivity contribution in [2.75, 3.05) is 41.2 Å². The van der Waals surface area contributed by atoms with E-state index in [1.807, 2.05) is 0 Å². The lowest BCUT2D eigenvalue weighted by atomic mass is 10.0. The van der Waals surface area contributed by atoms with Gasteiger partial charge >= 0.3 is 35.8 Å². The summed E-state index contributed by atoms with van der Waals surface area (Å²) in [5, 5.41) is 0. The summed E-state index contributed by atoms with van der Waals surface area (Å²) in [5.41, 5.74) is 0. The maximum atomic E-state index is 10.6. The molecule has 0 saturated heterocycles. The minimum Gasteiger partial charge on any atom is -0.469 e. The Morgan fingerprint density at radius 1 is 0.247 bits per heavy atom. The molecule has 0 rings (SSSR count). The van der Waals surface area contributed by atoms with Crippen LogP contribution < -0.4 is 0 Å². The normalized spacial score (nSPS) is 8.96. The molecule has 0 bridgehead atoms. The number of esters is 6. The lowest BCUT2D eigenvalue weighted by molar-refractivity contribution is -0.148. The summed E-state index contributed by atoms with van der Waals surface area (Å²) in [6, 6.07) is 0. The summed E-state index contributed by atoms with van der Waals surface area (Å²) in [6.07, 6.45) is 39.6. The molecule has 0 aromatic carbocycles. The second-order valence-electron chi connectivity index (χ2n) is 19.6. The average Bonchev–Trinajstić information content (AvgIpc) is 3.35. The molecular weight excluding hydrogens is 1020 g/mol. The number of hydrogen-bond donors (Lipinski definition) is 0. The Labute approximate surface area is 511 Å². The van der Waals surface area contributed by atoms with Gasteiger partial charge in [0.2, 0.25) is 0 Å². The van der Waals surface area contributed by atoms with E-state index in [0.29, 0.717) is 19.8 Å². The first-order valence-corrected chi connectivity index (χ1v) is 29.1. The average molecular weight is 1180 g/mol. The zero-order valence-corrected chi connectivity index (χ0v) is 50.1. The molecule has 0 radical (unpaired) electrons. The third-order valence-electron chi connectivity index (χ3n) is 11.1. The van der Waals surface area contributed by atoms with Gasteiger partial charge in [-0.25, -0.2) is 0 Å². The van der Waals surface area contributed by atoms with Crippen LogP contribution in [0.2, 0.25) is 0 Å². The summed E-state index contributed by atoms with van der Waals surface area (Å²) in [4.78, 5) is 63.4. The number of carbonyl (C=O) groups excluding carboxylic acids is 6. The van der Waals surface area contributed by atoms with Crippen LogP contribution in [0.1, 0.15) is 362 Å². The highest BCUT2D eigenvalue weighted by Crippen LogP contribution is 2.15. The van der Waals surface area contributed by atoms with Gasteiger partial charge in [-0.3, -0.25) is 28.8 Å². The molecule has 81 heavy (non-hydrogen) atoms. The maximum absolute atomic E-state index is 10.6. The molecule has 0 unspecified atom stereocenters. The molecule has 12 nitrogen and oxygen atoms in total. The van der Waals surface area contributed by atoms with Gasteiger partial charge in [-0.05, 0) is 38.5 Å². The quantitative estimate of drug-likeness (QED) is 0.0326. The van der Waals surface area contributed by atoms with Crippen molar-refractivity contribution >= 4 is 35.8 Å². The molecule has 0 amide bonds. The van der Waals surface area contributed by atoms with Gasteiger partial charge in [0.15, 0.2) is 0 Å². The van der Waals surface area contributed by atoms with Gasteiger partial charge in [0.05, 0.1) is 79.7 Å². The predicted molar refractivity (Wildman–Crippen MR) is 360 cm³/mol. The monoisotopic (exact) mass is 1180 g/mol. The first-order valence-electron chi connectivity index (χ1n) is 29.1. The highest BCUT2D eigenvalue weighted by atomic mass is 16.5. The molecule has 0 heterocycles. The molecule has 0 aliphatic carbocycles. The van der Waals surface area contributed by atoms with Crippen LogP contribution in [0, 0.1) is 17.8 Å². The van der Waals surface area contributed by atoms with E-state index in [2.05, 4.69) is 90.7 Å². The molecule has 0 aromatic rings. The van der Waals surface area contributed by atoms with Gasteiger partial charge in [-0.2, -0.15) is 0 Å². The number of carbonyl (C=O) groups is 6. The Hall–Kier alpha value is -3.18. The smallest absolute Gasteiger partial charge is 0.306 e. The molecule has 0 atom stereocenters. The molecule has 0 spiro atoms. The largest absolute Gasteiger partial charge is 0.469 e. The highest BCUT2D eigenvalue weighted by molar-refractivity contribution is 5.78. The molecule has 12 heteroatoms. The number of ether oxygens (including phenoxy) is 6. The number of hydrogen-bond acceptors (Lipinski definition) is 12. The van der Waals surface area contributed by atoms with E-state index < -0.39 is 17.9 Å². The number of rotatable bonds is 39. The van der Waals surface area contributed by atoms with E-state index >= 15 is 0 Å². The van der Waals surface area contributed by atoms with Crippen molar-refractivity contribution in [3.63, 3.8) is 0 Å². The van der Waals surface area contributed by atoms with Gasteiger partial charge in [0.1, 0.15) is 0 Å². The summed E-state index contributed by atoms with van der Waals surface area (Å²) in [6.45, 7) is 27.0. The van der Waals surface area contributed by atoms with E-state index in [4.69, 9.17) is 0 Å². The second kappa shape index (κ2) is 102. The first kappa shape index (κ1) is 116. The van der Waals surface area contributed by atoms with Crippen LogP contribution in [0.25, 0.3) is 0 Å². The zero-order valence-electron chi connectivity index (χ0n) is 50.1. The van der Waals surface area contributed by atoms with Crippen molar-refractivity contribution in [3.8, 4) is 0 Å². The molecule has 0 aliphatic heterocycles. The fourth-order valence-corrected chi connectivity index (χ4v) is 6.68. The molecule has 504 valence electrons. The van der Waals surface area contributed by atoms with Crippen LogP contribution in [0.15, 0.2) is 0 Å². The molecule has 0 fully saturated rings. The Balaban J connectivity index is -0.0000000487. The van der Waals surface area contributed by atoms with Crippen LogP contribution in [0.4, 0.5) is 0 Å². The predicted octanol–water partition coefficient (Wildman–Crippen LogP) is 22.8. The van der Waals surface area contributed by atoms with Crippen LogP contribution in [0.5, 0.6) is 0 Å². The Morgan fingerprint density at radius 3 is 0.531 bits per heavy atom. The number of unbranched alkanes of at least 4 members (excludes halogenated alkanes) is 21. The zero-order chi connectivity index (χ0) is 55.9. The van der Waals surface area contributed by atoms with E-state index in [1.54, 1.807) is 20.8 Å². The standard InChI is InChI=1S/C14H30.C13H28.C12H26.3C7H12O4.9CH4/c1-4-5-6-7-8-9-10-11-12-13-14(2)3;1-4-5-6-7-8-9-10-11-12-13(2)3;1-4-5-6-7-8-9-10-11-12(2)3;3*1-3-11-7(9)5-4-6(8)10-2;;;;;;;;;/h14H,4-13H2,1-3H3;13H,4-12H2,1-3H3;12H,4-11H2,1-3H3;3*3-5H2,1-2H3;9*1H4. The van der Waals surface area contributed by atoms with Crippen LogP contribution in [-0.2, 0) is 57.2 Å². The summed E-state index contributed by atoms with van der Waals surface area (Å²) < 4.78 is 26.8. The van der Waals surface area contributed by atoms with Crippen molar-refractivity contribution in [2.24, 2.45) is 17.8 Å². The van der Waals surface area contributed by atoms with E-state index in [-0.39, 0.29) is 123 Å². The van der Waals surface area contributed by atoms with Gasteiger partial charge in [-0.15, -0.1) is 0 Å². The van der Waals surface area contributed by atoms with Crippen LogP contribution >= 0.6 is 0 Å².